The zero-order chi connectivity index (χ0) is 35.8. The van der Waals surface area contributed by atoms with Crippen LogP contribution in [-0.4, -0.2) is 0 Å². The first-order valence-electron chi connectivity index (χ1n) is 18.9. The first-order valence-corrected chi connectivity index (χ1v) is 18.9. The summed E-state index contributed by atoms with van der Waals surface area (Å²) >= 11 is 0. The second-order valence-electron chi connectivity index (χ2n) is 15.0. The Kier molecular flexibility index (Phi) is 6.78. The monoisotopic (exact) mass is 684 g/mol. The molecule has 0 aromatic heterocycles. The molecule has 1 unspecified atom stereocenters. The fourth-order valence-corrected chi connectivity index (χ4v) is 9.39. The molecule has 0 fully saturated rings. The van der Waals surface area contributed by atoms with E-state index < -0.39 is 0 Å². The average Bonchev–Trinajstić information content (AvgIpc) is 3.49. The molecule has 10 aromatic rings. The van der Waals surface area contributed by atoms with Crippen LogP contribution in [0.3, 0.4) is 0 Å². The van der Waals surface area contributed by atoms with Crippen LogP contribution in [-0.2, 0) is 5.41 Å². The Bertz CT molecular complexity index is 3100. The lowest BCUT2D eigenvalue weighted by Crippen LogP contribution is -2.22. The van der Waals surface area contributed by atoms with Crippen molar-refractivity contribution in [1.82, 2.24) is 0 Å². The van der Waals surface area contributed by atoms with Gasteiger partial charge in [-0.15, -0.1) is 0 Å². The first-order chi connectivity index (χ1) is 26.6. The smallest absolute Gasteiger partial charge is 0.0435 e. The molecule has 0 spiro atoms. The minimum Gasteiger partial charge on any atom is -0.0622 e. The summed E-state index contributed by atoms with van der Waals surface area (Å²) in [5.41, 5.74) is 13.8. The van der Waals surface area contributed by atoms with Gasteiger partial charge in [0.15, 0.2) is 0 Å². The maximum Gasteiger partial charge on any atom is 0.0435 e. The van der Waals surface area contributed by atoms with Gasteiger partial charge in [0.1, 0.15) is 0 Å². The van der Waals surface area contributed by atoms with Crippen molar-refractivity contribution in [2.75, 3.05) is 0 Å². The van der Waals surface area contributed by atoms with Crippen molar-refractivity contribution in [1.29, 1.82) is 0 Å². The van der Waals surface area contributed by atoms with Gasteiger partial charge < -0.3 is 0 Å². The van der Waals surface area contributed by atoms with Gasteiger partial charge in [0, 0.05) is 5.41 Å². The molecule has 0 amide bonds. The first kappa shape index (κ1) is 30.8. The Morgan fingerprint density at radius 1 is 0.296 bits per heavy atom. The summed E-state index contributed by atoms with van der Waals surface area (Å²) in [6, 6.07) is 74.5. The van der Waals surface area contributed by atoms with Crippen LogP contribution in [0.25, 0.3) is 87.6 Å². The maximum atomic E-state index is 2.47. The third-order valence-corrected chi connectivity index (χ3v) is 12.1. The van der Waals surface area contributed by atoms with E-state index in [1.807, 2.05) is 0 Å². The summed E-state index contributed by atoms with van der Waals surface area (Å²) in [5, 5.41) is 10.2. The van der Waals surface area contributed by atoms with Crippen LogP contribution in [0.5, 0.6) is 0 Å². The SMILES string of the molecule is CC1(c2ccccc2)c2cc(-c3ccc(-c4c5ccccc5cc5c4ccc4ccccc45)c(-c4ccccc4)c3)ccc2-c2cc3ccccc3cc21. The van der Waals surface area contributed by atoms with Crippen LogP contribution < -0.4 is 0 Å². The highest BCUT2D eigenvalue weighted by Gasteiger charge is 2.41. The standard InChI is InChI=1S/C54H36/c1-54(42-20-6-3-7-21-42)51-34-40(25-27-45(51)50-31-37-17-8-9-18-38(37)33-52(50)54)39-26-29-46(48(30-39)35-14-4-2-5-15-35)53-44-23-13-11-19-41(44)32-49-43-22-12-10-16-36(43)24-28-47(49)53/h2-34H,1H3. The van der Waals surface area contributed by atoms with Crippen molar-refractivity contribution < 1.29 is 0 Å². The minimum absolute atomic E-state index is 0.293. The summed E-state index contributed by atoms with van der Waals surface area (Å²) in [5.74, 6) is 0. The molecule has 0 nitrogen and oxygen atoms in total. The molecule has 0 N–H and O–H groups in total. The van der Waals surface area contributed by atoms with Gasteiger partial charge in [-0.25, -0.2) is 0 Å². The Morgan fingerprint density at radius 2 is 0.889 bits per heavy atom. The van der Waals surface area contributed by atoms with Gasteiger partial charge in [0.05, 0.1) is 0 Å². The lowest BCUT2D eigenvalue weighted by atomic mass is 9.73. The summed E-state index contributed by atoms with van der Waals surface area (Å²) in [6.07, 6.45) is 0. The minimum atomic E-state index is -0.293. The fourth-order valence-electron chi connectivity index (χ4n) is 9.39. The van der Waals surface area contributed by atoms with Crippen LogP contribution in [0.2, 0.25) is 0 Å². The predicted molar refractivity (Wildman–Crippen MR) is 230 cm³/mol. The zero-order valence-corrected chi connectivity index (χ0v) is 30.1. The molecule has 1 aliphatic rings. The van der Waals surface area contributed by atoms with E-state index in [2.05, 4.69) is 207 Å². The molecule has 0 heteroatoms. The molecule has 0 bridgehead atoms. The van der Waals surface area contributed by atoms with Crippen molar-refractivity contribution >= 4 is 43.1 Å². The van der Waals surface area contributed by atoms with Gasteiger partial charge in [-0.2, -0.15) is 0 Å². The molecule has 54 heavy (non-hydrogen) atoms. The van der Waals surface area contributed by atoms with Crippen molar-refractivity contribution in [3.63, 3.8) is 0 Å². The number of rotatable bonds is 4. The topological polar surface area (TPSA) is 0 Å². The second kappa shape index (κ2) is 11.9. The molecule has 0 saturated heterocycles. The van der Waals surface area contributed by atoms with Crippen LogP contribution in [0.1, 0.15) is 23.6 Å². The quantitative estimate of drug-likeness (QED) is 0.128. The summed E-state index contributed by atoms with van der Waals surface area (Å²) in [4.78, 5) is 0. The average molecular weight is 685 g/mol. The third-order valence-electron chi connectivity index (χ3n) is 12.1. The highest BCUT2D eigenvalue weighted by atomic mass is 14.4. The molecule has 1 aliphatic carbocycles. The molecule has 10 aromatic carbocycles. The summed E-state index contributed by atoms with van der Waals surface area (Å²) < 4.78 is 0. The van der Waals surface area contributed by atoms with E-state index in [-0.39, 0.29) is 5.41 Å². The van der Waals surface area contributed by atoms with E-state index in [9.17, 15) is 0 Å². The van der Waals surface area contributed by atoms with Gasteiger partial charge in [-0.1, -0.05) is 170 Å². The van der Waals surface area contributed by atoms with E-state index in [1.165, 1.54) is 104 Å². The van der Waals surface area contributed by atoms with Crippen molar-refractivity contribution in [3.05, 3.63) is 217 Å². The Labute approximate surface area is 315 Å². The maximum absolute atomic E-state index is 2.47. The largest absolute Gasteiger partial charge is 0.0622 e. The molecule has 0 aliphatic heterocycles. The van der Waals surface area contributed by atoms with Crippen LogP contribution in [0, 0.1) is 0 Å². The predicted octanol–water partition coefficient (Wildman–Crippen LogP) is 14.6. The molecule has 0 saturated carbocycles. The third kappa shape index (κ3) is 4.57. The molecular weight excluding hydrogens is 649 g/mol. The lowest BCUT2D eigenvalue weighted by molar-refractivity contribution is 0.715. The lowest BCUT2D eigenvalue weighted by Gasteiger charge is -2.29. The fraction of sp³-hybridized carbons (Fsp3) is 0.0370. The van der Waals surface area contributed by atoms with E-state index in [1.54, 1.807) is 0 Å². The summed E-state index contributed by atoms with van der Waals surface area (Å²) in [6.45, 7) is 2.42. The highest BCUT2D eigenvalue weighted by Crippen LogP contribution is 2.54. The molecule has 0 heterocycles. The number of hydrogen-bond acceptors (Lipinski definition) is 0. The number of fused-ring (bicyclic) bond motifs is 8. The highest BCUT2D eigenvalue weighted by molar-refractivity contribution is 6.21. The van der Waals surface area contributed by atoms with E-state index in [0.717, 1.165) is 0 Å². The van der Waals surface area contributed by atoms with Gasteiger partial charge in [0.25, 0.3) is 0 Å². The number of hydrogen-bond donors (Lipinski definition) is 0. The van der Waals surface area contributed by atoms with Crippen molar-refractivity contribution in [2.45, 2.75) is 12.3 Å². The van der Waals surface area contributed by atoms with Crippen LogP contribution >= 0.6 is 0 Å². The molecule has 0 radical (unpaired) electrons. The molecular formula is C54H36. The molecule has 11 rings (SSSR count). The van der Waals surface area contributed by atoms with E-state index >= 15 is 0 Å². The van der Waals surface area contributed by atoms with Gasteiger partial charge >= 0.3 is 0 Å². The van der Waals surface area contributed by atoms with E-state index in [0.29, 0.717) is 0 Å². The Balaban J connectivity index is 1.15. The Morgan fingerprint density at radius 3 is 1.67 bits per heavy atom. The Hall–Kier alpha value is -6.76. The van der Waals surface area contributed by atoms with Crippen molar-refractivity contribution in [3.8, 4) is 44.5 Å². The van der Waals surface area contributed by atoms with Gasteiger partial charge in [-0.3, -0.25) is 0 Å². The van der Waals surface area contributed by atoms with Gasteiger partial charge in [0.2, 0.25) is 0 Å². The number of benzene rings is 10. The van der Waals surface area contributed by atoms with E-state index in [4.69, 9.17) is 0 Å². The molecule has 252 valence electrons. The normalized spacial score (nSPS) is 14.8. The second-order valence-corrected chi connectivity index (χ2v) is 15.0. The molecule has 1 atom stereocenters. The van der Waals surface area contributed by atoms with Crippen LogP contribution in [0.15, 0.2) is 200 Å². The van der Waals surface area contributed by atoms with Crippen molar-refractivity contribution in [2.24, 2.45) is 0 Å². The van der Waals surface area contributed by atoms with Crippen LogP contribution in [0.4, 0.5) is 0 Å². The van der Waals surface area contributed by atoms with Gasteiger partial charge in [-0.05, 0) is 142 Å². The zero-order valence-electron chi connectivity index (χ0n) is 30.1. The summed E-state index contributed by atoms with van der Waals surface area (Å²) in [7, 11) is 0.